The number of esters is 2. The Balaban J connectivity index is 2.47. The first-order valence-electron chi connectivity index (χ1n) is 22.8. The number of ether oxygens (including phenoxy) is 2. The number of allylic oxidation sites excluding steroid dienone is 4. The number of carbonyl (C=O) groups excluding carboxylic acids is 3. The second kappa shape index (κ2) is 33.4. The minimum atomic E-state index is -4.69. The molecule has 6 atom stereocenters. The fourth-order valence-corrected chi connectivity index (χ4v) is 7.60. The molecule has 12 nitrogen and oxygen atoms in total. The smallest absolute Gasteiger partial charge is 0.306 e. The Morgan fingerprint density at radius 2 is 1.41 bits per heavy atom. The van der Waals surface area contributed by atoms with Crippen LogP contribution in [-0.2, 0) is 37.5 Å². The summed E-state index contributed by atoms with van der Waals surface area (Å²) in [5.74, 6) is -1.54. The van der Waals surface area contributed by atoms with E-state index in [-0.39, 0.29) is 50.1 Å². The van der Waals surface area contributed by atoms with Crippen molar-refractivity contribution in [2.75, 3.05) is 47.5 Å². The average Bonchev–Trinajstić information content (AvgIpc) is 3.44. The fourth-order valence-electron chi connectivity index (χ4n) is 6.87. The molecule has 1 saturated carbocycles. The molecule has 0 aromatic carbocycles. The summed E-state index contributed by atoms with van der Waals surface area (Å²) in [5.41, 5.74) is 0. The van der Waals surface area contributed by atoms with Crippen LogP contribution in [0.1, 0.15) is 162 Å². The van der Waals surface area contributed by atoms with Crippen LogP contribution in [0.2, 0.25) is 0 Å². The first-order valence-corrected chi connectivity index (χ1v) is 24.3. The van der Waals surface area contributed by atoms with Crippen molar-refractivity contribution in [3.8, 4) is 0 Å². The Hall–Kier alpha value is -2.18. The van der Waals surface area contributed by atoms with Crippen LogP contribution in [0, 0.1) is 11.8 Å². The number of hydrogen-bond acceptors (Lipinski definition) is 11. The van der Waals surface area contributed by atoms with Crippen molar-refractivity contribution in [3.63, 3.8) is 0 Å². The van der Waals surface area contributed by atoms with Crippen LogP contribution in [0.3, 0.4) is 0 Å². The van der Waals surface area contributed by atoms with E-state index in [9.17, 15) is 34.1 Å². The van der Waals surface area contributed by atoms with Gasteiger partial charge in [0.25, 0.3) is 7.82 Å². The number of phosphoric ester groups is 1. The lowest BCUT2D eigenvalue weighted by Gasteiger charge is -2.28. The molecule has 59 heavy (non-hydrogen) atoms. The number of quaternary nitrogens is 1. The van der Waals surface area contributed by atoms with Crippen molar-refractivity contribution in [3.05, 3.63) is 36.5 Å². The van der Waals surface area contributed by atoms with Crippen molar-refractivity contribution in [2.45, 2.75) is 180 Å². The van der Waals surface area contributed by atoms with Crippen LogP contribution < -0.4 is 4.89 Å². The number of carbonyl (C=O) groups is 3. The van der Waals surface area contributed by atoms with Gasteiger partial charge in [-0.2, -0.15) is 0 Å². The standard InChI is InChI=1S/C46H82NO11P/c1-6-8-10-11-12-13-14-15-16-17-18-19-20-21-27-31-46(52)58-40(38-57-59(53,54)56-35-34-47(3,4)5)37-55-45(51)30-26-23-22-25-29-41-42(44(50)36-43(41)49)33-32-39(48)28-24-9-7-2/h12-13,15-16,32-33,39-42,44,48,50H,6-11,14,17-31,34-38H2,1-5H3/b13-12-,16-15-,33-32+/t39-,40+,41+,42+,44+/m0/s1. The molecule has 1 unspecified atom stereocenters. The van der Waals surface area contributed by atoms with Crippen molar-refractivity contribution in [2.24, 2.45) is 11.8 Å². The van der Waals surface area contributed by atoms with Gasteiger partial charge in [0.1, 0.15) is 25.5 Å². The van der Waals surface area contributed by atoms with E-state index in [1.807, 2.05) is 27.2 Å². The third-order valence-corrected chi connectivity index (χ3v) is 11.5. The second-order valence-corrected chi connectivity index (χ2v) is 18.6. The lowest BCUT2D eigenvalue weighted by Crippen LogP contribution is -2.37. The highest BCUT2D eigenvalue weighted by Crippen LogP contribution is 2.38. The minimum absolute atomic E-state index is 0.0468. The molecule has 0 spiro atoms. The SMILES string of the molecule is CCCCC/C=C\C/C=C\CCCCCCCC(=O)O[C@H](COC(=O)CCCCCC[C@H]1C(=O)C[C@@H](O)[C@@H]1/C=C/[C@@H](O)CCCCC)COP(=O)([O-])OCC[N+](C)(C)C. The van der Waals surface area contributed by atoms with E-state index in [0.29, 0.717) is 36.7 Å². The van der Waals surface area contributed by atoms with E-state index >= 15 is 0 Å². The number of aliphatic hydroxyl groups excluding tert-OH is 2. The summed E-state index contributed by atoms with van der Waals surface area (Å²) < 4.78 is 33.9. The molecule has 0 aliphatic heterocycles. The van der Waals surface area contributed by atoms with Crippen molar-refractivity contribution in [1.29, 1.82) is 0 Å². The molecule has 2 N–H and O–H groups in total. The van der Waals surface area contributed by atoms with E-state index in [1.54, 1.807) is 6.08 Å². The number of Topliss-reactive ketones (excluding diaryl/α,β-unsaturated/α-hetero) is 1. The van der Waals surface area contributed by atoms with Crippen LogP contribution in [-0.4, -0.2) is 98.2 Å². The largest absolute Gasteiger partial charge is 0.756 e. The number of rotatable bonds is 37. The number of ketones is 1. The van der Waals surface area contributed by atoms with Gasteiger partial charge in [-0.15, -0.1) is 0 Å². The summed E-state index contributed by atoms with van der Waals surface area (Å²) in [7, 11) is 1.02. The summed E-state index contributed by atoms with van der Waals surface area (Å²) in [4.78, 5) is 50.4. The maximum atomic E-state index is 12.7. The van der Waals surface area contributed by atoms with E-state index < -0.39 is 44.7 Å². The lowest BCUT2D eigenvalue weighted by molar-refractivity contribution is -0.870. The monoisotopic (exact) mass is 856 g/mol. The molecule has 0 amide bonds. The molecular weight excluding hydrogens is 773 g/mol. The van der Waals surface area contributed by atoms with Gasteiger partial charge in [0.15, 0.2) is 6.10 Å². The van der Waals surface area contributed by atoms with Gasteiger partial charge in [-0.1, -0.05) is 121 Å². The van der Waals surface area contributed by atoms with Gasteiger partial charge in [-0.05, 0) is 57.8 Å². The number of nitrogens with zero attached hydrogens (tertiary/aromatic N) is 1. The zero-order valence-corrected chi connectivity index (χ0v) is 38.3. The minimum Gasteiger partial charge on any atom is -0.756 e. The zero-order valence-electron chi connectivity index (χ0n) is 37.4. The van der Waals surface area contributed by atoms with E-state index in [1.165, 1.54) is 19.3 Å². The molecule has 0 aromatic rings. The number of likely N-dealkylation sites (N-methyl/N-ethyl adjacent to an activating group) is 1. The average molecular weight is 856 g/mol. The Kier molecular flexibility index (Phi) is 31.1. The maximum absolute atomic E-state index is 12.7. The number of hydrogen-bond donors (Lipinski definition) is 2. The first kappa shape index (κ1) is 54.8. The number of phosphoric acid groups is 1. The maximum Gasteiger partial charge on any atom is 0.306 e. The first-order chi connectivity index (χ1) is 28.2. The van der Waals surface area contributed by atoms with Gasteiger partial charge in [0, 0.05) is 31.1 Å². The molecule has 0 saturated heterocycles. The third kappa shape index (κ3) is 30.5. The molecule has 342 valence electrons. The Morgan fingerprint density at radius 1 is 0.814 bits per heavy atom. The van der Waals surface area contributed by atoms with Crippen LogP contribution >= 0.6 is 7.82 Å². The molecule has 1 aliphatic carbocycles. The summed E-state index contributed by atoms with van der Waals surface area (Å²) in [6, 6.07) is 0. The predicted octanol–water partition coefficient (Wildman–Crippen LogP) is 8.87. The predicted molar refractivity (Wildman–Crippen MR) is 232 cm³/mol. The lowest BCUT2D eigenvalue weighted by atomic mass is 9.88. The molecule has 0 aromatic heterocycles. The van der Waals surface area contributed by atoms with Crippen molar-refractivity contribution in [1.82, 2.24) is 0 Å². The summed E-state index contributed by atoms with van der Waals surface area (Å²) in [5, 5.41) is 20.7. The molecule has 0 bridgehead atoms. The highest BCUT2D eigenvalue weighted by molar-refractivity contribution is 7.45. The molecule has 1 aliphatic rings. The molecule has 1 rings (SSSR count). The summed E-state index contributed by atoms with van der Waals surface area (Å²) in [6.45, 7) is 3.80. The van der Waals surface area contributed by atoms with Gasteiger partial charge in [-0.3, -0.25) is 18.9 Å². The van der Waals surface area contributed by atoms with Crippen LogP contribution in [0.4, 0.5) is 0 Å². The molecule has 13 heteroatoms. The molecule has 0 heterocycles. The highest BCUT2D eigenvalue weighted by atomic mass is 31.2. The van der Waals surface area contributed by atoms with Gasteiger partial charge >= 0.3 is 11.9 Å². The number of aliphatic hydroxyl groups is 2. The van der Waals surface area contributed by atoms with Gasteiger partial charge in [-0.25, -0.2) is 0 Å². The molecule has 1 fully saturated rings. The Morgan fingerprint density at radius 3 is 2.07 bits per heavy atom. The van der Waals surface area contributed by atoms with Gasteiger partial charge in [0.2, 0.25) is 0 Å². The normalized spacial score (nSPS) is 19.5. The van der Waals surface area contributed by atoms with E-state index in [0.717, 1.165) is 83.5 Å². The number of unbranched alkanes of at least 4 members (excludes halogenated alkanes) is 13. The van der Waals surface area contributed by atoms with Crippen LogP contribution in [0.15, 0.2) is 36.5 Å². The topological polar surface area (TPSA) is 169 Å². The van der Waals surface area contributed by atoms with Gasteiger partial charge in [0.05, 0.1) is 40.0 Å². The van der Waals surface area contributed by atoms with E-state index in [4.69, 9.17) is 18.5 Å². The highest BCUT2D eigenvalue weighted by Gasteiger charge is 2.39. The third-order valence-electron chi connectivity index (χ3n) is 10.5. The van der Waals surface area contributed by atoms with Gasteiger partial charge < -0.3 is 38.1 Å². The van der Waals surface area contributed by atoms with Crippen LogP contribution in [0.5, 0.6) is 0 Å². The summed E-state index contributed by atoms with van der Waals surface area (Å²) in [6.07, 6.45) is 29.2. The molecule has 0 radical (unpaired) electrons. The van der Waals surface area contributed by atoms with Crippen molar-refractivity contribution < 1.29 is 57.1 Å². The zero-order chi connectivity index (χ0) is 43.8. The second-order valence-electron chi connectivity index (χ2n) is 17.2. The Bertz CT molecular complexity index is 1260. The summed E-state index contributed by atoms with van der Waals surface area (Å²) >= 11 is 0. The van der Waals surface area contributed by atoms with E-state index in [2.05, 4.69) is 38.2 Å². The fraction of sp³-hybridized carbons (Fsp3) is 0.804. The van der Waals surface area contributed by atoms with Crippen molar-refractivity contribution >= 4 is 25.5 Å². The quantitative estimate of drug-likeness (QED) is 0.0201. The van der Waals surface area contributed by atoms with Crippen LogP contribution in [0.25, 0.3) is 0 Å². The molecular formula is C46H82NO11P. The Labute approximate surface area is 357 Å².